The van der Waals surface area contributed by atoms with Gasteiger partial charge in [-0.2, -0.15) is 4.98 Å². The van der Waals surface area contributed by atoms with Gasteiger partial charge in [-0.3, -0.25) is 4.79 Å². The summed E-state index contributed by atoms with van der Waals surface area (Å²) >= 11 is 5.89. The van der Waals surface area contributed by atoms with Crippen molar-refractivity contribution in [2.24, 2.45) is 0 Å². The van der Waals surface area contributed by atoms with E-state index in [1.54, 1.807) is 0 Å². The molecule has 0 unspecified atom stereocenters. The monoisotopic (exact) mass is 331 g/mol. The summed E-state index contributed by atoms with van der Waals surface area (Å²) in [5.41, 5.74) is 1.18. The van der Waals surface area contributed by atoms with Gasteiger partial charge in [-0.25, -0.2) is 0 Å². The van der Waals surface area contributed by atoms with Crippen LogP contribution < -0.4 is 0 Å². The normalized spacial score (nSPS) is 21.2. The van der Waals surface area contributed by atoms with E-state index in [1.165, 1.54) is 5.56 Å². The number of hydrogen-bond acceptors (Lipinski definition) is 4. The number of hydrogen-bond donors (Lipinski definition) is 0. The molecule has 0 radical (unpaired) electrons. The summed E-state index contributed by atoms with van der Waals surface area (Å²) in [5.74, 6) is 2.11. The fraction of sp³-hybridized carbons (Fsp3) is 0.471. The molecule has 1 aromatic carbocycles. The van der Waals surface area contributed by atoms with Crippen molar-refractivity contribution >= 4 is 17.5 Å². The van der Waals surface area contributed by atoms with Crippen LogP contribution in [0.4, 0.5) is 0 Å². The molecule has 2 aromatic rings. The molecule has 2 fully saturated rings. The molecular weight excluding hydrogens is 314 g/mol. The quantitative estimate of drug-likeness (QED) is 0.844. The fourth-order valence-corrected chi connectivity index (χ4v) is 3.12. The predicted molar refractivity (Wildman–Crippen MR) is 85.4 cm³/mol. The van der Waals surface area contributed by atoms with Crippen molar-refractivity contribution in [3.8, 4) is 0 Å². The number of halogens is 1. The number of likely N-dealkylation sites (tertiary alicyclic amines) is 1. The molecule has 1 amide bonds. The van der Waals surface area contributed by atoms with Crippen molar-refractivity contribution < 1.29 is 9.32 Å². The lowest BCUT2D eigenvalue weighted by atomic mass is 10.1. The Bertz CT molecular complexity index is 709. The SMILES string of the molecule is O=C1C[C@H](c2nc(C3CC3)no2)CN1CCc1ccc(Cl)cc1. The van der Waals surface area contributed by atoms with Gasteiger partial charge in [0.25, 0.3) is 0 Å². The molecule has 4 rings (SSSR count). The second-order valence-electron chi connectivity index (χ2n) is 6.38. The molecule has 1 aliphatic heterocycles. The third-order valence-corrected chi connectivity index (χ3v) is 4.80. The van der Waals surface area contributed by atoms with E-state index in [0.717, 1.165) is 30.1 Å². The van der Waals surface area contributed by atoms with Gasteiger partial charge < -0.3 is 9.42 Å². The maximum Gasteiger partial charge on any atom is 0.232 e. The van der Waals surface area contributed by atoms with Gasteiger partial charge in [0.15, 0.2) is 5.82 Å². The fourth-order valence-electron chi connectivity index (χ4n) is 2.99. The minimum absolute atomic E-state index is 0.0349. The van der Waals surface area contributed by atoms with Crippen LogP contribution in [-0.2, 0) is 11.2 Å². The first-order valence-corrected chi connectivity index (χ1v) is 8.42. The average molecular weight is 332 g/mol. The number of carbonyl (C=O) groups excluding carboxylic acids is 1. The predicted octanol–water partition coefficient (Wildman–Crippen LogP) is 3.16. The van der Waals surface area contributed by atoms with Crippen molar-refractivity contribution in [1.82, 2.24) is 15.0 Å². The van der Waals surface area contributed by atoms with Gasteiger partial charge in [0.05, 0.1) is 5.92 Å². The molecule has 1 aliphatic carbocycles. The first-order valence-electron chi connectivity index (χ1n) is 8.05. The Hall–Kier alpha value is -1.88. The van der Waals surface area contributed by atoms with Crippen LogP contribution in [0.1, 0.15) is 48.4 Å². The molecule has 120 valence electrons. The minimum atomic E-state index is 0.0349. The van der Waals surface area contributed by atoms with Crippen molar-refractivity contribution in [3.63, 3.8) is 0 Å². The zero-order valence-corrected chi connectivity index (χ0v) is 13.5. The zero-order valence-electron chi connectivity index (χ0n) is 12.7. The Kier molecular flexibility index (Phi) is 3.81. The van der Waals surface area contributed by atoms with Crippen LogP contribution in [0.3, 0.4) is 0 Å². The summed E-state index contributed by atoms with van der Waals surface area (Å²) in [6.07, 6.45) is 3.59. The standard InChI is InChI=1S/C17H18ClN3O2/c18-14-5-1-11(2-6-14)7-8-21-10-13(9-15(21)22)17-19-16(20-23-17)12-3-4-12/h1-2,5-6,12-13H,3-4,7-10H2/t13-/m0/s1. The summed E-state index contributed by atoms with van der Waals surface area (Å²) in [4.78, 5) is 18.6. The molecule has 0 spiro atoms. The number of carbonyl (C=O) groups is 1. The molecule has 2 aliphatic rings. The van der Waals surface area contributed by atoms with Gasteiger partial charge in [-0.05, 0) is 37.0 Å². The average Bonchev–Trinajstić information content (AvgIpc) is 3.16. The summed E-state index contributed by atoms with van der Waals surface area (Å²) in [7, 11) is 0. The van der Waals surface area contributed by atoms with E-state index in [2.05, 4.69) is 10.1 Å². The Morgan fingerprint density at radius 1 is 1.22 bits per heavy atom. The van der Waals surface area contributed by atoms with Crippen LogP contribution >= 0.6 is 11.6 Å². The Labute approximate surface area is 139 Å². The van der Waals surface area contributed by atoms with Crippen molar-refractivity contribution in [2.75, 3.05) is 13.1 Å². The summed E-state index contributed by atoms with van der Waals surface area (Å²) in [5, 5.41) is 4.78. The van der Waals surface area contributed by atoms with Crippen LogP contribution in [0.2, 0.25) is 5.02 Å². The Balaban J connectivity index is 1.36. The van der Waals surface area contributed by atoms with Crippen LogP contribution in [0.25, 0.3) is 0 Å². The smallest absolute Gasteiger partial charge is 0.232 e. The molecule has 0 N–H and O–H groups in total. The highest BCUT2D eigenvalue weighted by molar-refractivity contribution is 6.30. The highest BCUT2D eigenvalue weighted by Gasteiger charge is 2.36. The molecule has 2 heterocycles. The lowest BCUT2D eigenvalue weighted by molar-refractivity contribution is -0.127. The van der Waals surface area contributed by atoms with Gasteiger partial charge in [-0.1, -0.05) is 28.9 Å². The van der Waals surface area contributed by atoms with E-state index in [-0.39, 0.29) is 11.8 Å². The van der Waals surface area contributed by atoms with Gasteiger partial charge in [-0.15, -0.1) is 0 Å². The maximum absolute atomic E-state index is 12.2. The third-order valence-electron chi connectivity index (χ3n) is 4.55. The number of benzene rings is 1. The molecule has 1 aromatic heterocycles. The van der Waals surface area contributed by atoms with Gasteiger partial charge in [0, 0.05) is 30.5 Å². The van der Waals surface area contributed by atoms with Crippen molar-refractivity contribution in [2.45, 2.75) is 37.5 Å². The van der Waals surface area contributed by atoms with E-state index < -0.39 is 0 Å². The third kappa shape index (κ3) is 3.24. The molecule has 1 saturated carbocycles. The molecule has 0 bridgehead atoms. The lowest BCUT2D eigenvalue weighted by Crippen LogP contribution is -2.27. The Morgan fingerprint density at radius 2 is 2.00 bits per heavy atom. The molecule has 23 heavy (non-hydrogen) atoms. The first kappa shape index (κ1) is 14.7. The van der Waals surface area contributed by atoms with E-state index in [9.17, 15) is 4.79 Å². The highest BCUT2D eigenvalue weighted by atomic mass is 35.5. The minimum Gasteiger partial charge on any atom is -0.342 e. The number of amides is 1. The number of nitrogens with zero attached hydrogens (tertiary/aromatic N) is 3. The second kappa shape index (κ2) is 5.96. The first-order chi connectivity index (χ1) is 11.2. The van der Waals surface area contributed by atoms with E-state index in [0.29, 0.717) is 31.3 Å². The molecule has 1 atom stereocenters. The summed E-state index contributed by atoms with van der Waals surface area (Å²) < 4.78 is 5.37. The van der Waals surface area contributed by atoms with Crippen molar-refractivity contribution in [3.05, 3.63) is 46.6 Å². The van der Waals surface area contributed by atoms with Gasteiger partial charge in [0.2, 0.25) is 11.8 Å². The second-order valence-corrected chi connectivity index (χ2v) is 6.82. The topological polar surface area (TPSA) is 59.2 Å². The largest absolute Gasteiger partial charge is 0.342 e. The summed E-state index contributed by atoms with van der Waals surface area (Å²) in [6.45, 7) is 1.37. The van der Waals surface area contributed by atoms with Crippen LogP contribution in [0.15, 0.2) is 28.8 Å². The maximum atomic E-state index is 12.2. The molecule has 1 saturated heterocycles. The molecular formula is C17H18ClN3O2. The van der Waals surface area contributed by atoms with E-state index >= 15 is 0 Å². The number of rotatable bonds is 5. The summed E-state index contributed by atoms with van der Waals surface area (Å²) in [6, 6.07) is 7.76. The van der Waals surface area contributed by atoms with E-state index in [4.69, 9.17) is 16.1 Å². The van der Waals surface area contributed by atoms with E-state index in [1.807, 2.05) is 29.2 Å². The molecule has 6 heteroatoms. The number of aromatic nitrogens is 2. The molecule has 5 nitrogen and oxygen atoms in total. The lowest BCUT2D eigenvalue weighted by Gasteiger charge is -2.15. The van der Waals surface area contributed by atoms with Gasteiger partial charge in [0.1, 0.15) is 0 Å². The van der Waals surface area contributed by atoms with Gasteiger partial charge >= 0.3 is 0 Å². The van der Waals surface area contributed by atoms with Crippen LogP contribution in [0, 0.1) is 0 Å². The van der Waals surface area contributed by atoms with Crippen molar-refractivity contribution in [1.29, 1.82) is 0 Å². The van der Waals surface area contributed by atoms with Crippen LogP contribution in [-0.4, -0.2) is 34.0 Å². The Morgan fingerprint density at radius 3 is 2.74 bits per heavy atom. The van der Waals surface area contributed by atoms with Crippen LogP contribution in [0.5, 0.6) is 0 Å². The highest BCUT2D eigenvalue weighted by Crippen LogP contribution is 2.39. The zero-order chi connectivity index (χ0) is 15.8.